The van der Waals surface area contributed by atoms with Gasteiger partial charge in [0.2, 0.25) is 0 Å². The van der Waals surface area contributed by atoms with Gasteiger partial charge in [-0.05, 0) is 23.6 Å². The number of hydrogen-bond acceptors (Lipinski definition) is 6. The monoisotopic (exact) mass is 344 g/mol. The Morgan fingerprint density at radius 3 is 2.91 bits per heavy atom. The van der Waals surface area contributed by atoms with E-state index in [4.69, 9.17) is 0 Å². The van der Waals surface area contributed by atoms with Crippen LogP contribution in [0.1, 0.15) is 15.4 Å². The van der Waals surface area contributed by atoms with Crippen molar-refractivity contribution in [3.05, 3.63) is 51.9 Å². The molecule has 0 bridgehead atoms. The number of rotatable bonds is 5. The van der Waals surface area contributed by atoms with Crippen LogP contribution in [0.15, 0.2) is 41.4 Å². The second-order valence-corrected chi connectivity index (χ2v) is 7.02. The second-order valence-electron chi connectivity index (χ2n) is 5.13. The van der Waals surface area contributed by atoms with E-state index in [0.717, 1.165) is 21.1 Å². The minimum atomic E-state index is -0.105. The first-order chi connectivity index (χ1) is 11.1. The third kappa shape index (κ3) is 3.75. The summed E-state index contributed by atoms with van der Waals surface area (Å²) in [5, 5.41) is 8.49. The van der Waals surface area contributed by atoms with E-state index in [1.807, 2.05) is 12.3 Å². The Bertz CT molecular complexity index is 796. The average Bonchev–Trinajstić information content (AvgIpc) is 3.23. The lowest BCUT2D eigenvalue weighted by Crippen LogP contribution is -2.22. The Labute approximate surface area is 142 Å². The van der Waals surface area contributed by atoms with Crippen LogP contribution in [0.4, 0.5) is 5.69 Å². The standard InChI is InChI=1S/C16H16N4OS2/c1-20(2)16(21)14-7-12(3-5-17-14)18-8-13-9-19-15(23-13)11-4-6-22-10-11/h3-7,9-10H,8H2,1-2H3,(H,17,18). The van der Waals surface area contributed by atoms with Crippen LogP contribution in [-0.4, -0.2) is 34.9 Å². The van der Waals surface area contributed by atoms with Gasteiger partial charge < -0.3 is 10.2 Å². The first kappa shape index (κ1) is 15.6. The van der Waals surface area contributed by atoms with Crippen LogP contribution in [-0.2, 0) is 6.54 Å². The number of pyridine rings is 1. The summed E-state index contributed by atoms with van der Waals surface area (Å²) in [7, 11) is 3.43. The van der Waals surface area contributed by atoms with Crippen LogP contribution < -0.4 is 5.32 Å². The molecule has 3 heterocycles. The molecule has 0 atom stereocenters. The average molecular weight is 344 g/mol. The van der Waals surface area contributed by atoms with Gasteiger partial charge >= 0.3 is 0 Å². The quantitative estimate of drug-likeness (QED) is 0.768. The van der Waals surface area contributed by atoms with Crippen molar-refractivity contribution < 1.29 is 4.79 Å². The van der Waals surface area contributed by atoms with Gasteiger partial charge in [-0.1, -0.05) is 0 Å². The highest BCUT2D eigenvalue weighted by Gasteiger charge is 2.10. The molecule has 5 nitrogen and oxygen atoms in total. The maximum atomic E-state index is 11.9. The smallest absolute Gasteiger partial charge is 0.272 e. The number of carbonyl (C=O) groups is 1. The van der Waals surface area contributed by atoms with E-state index < -0.39 is 0 Å². The minimum absolute atomic E-state index is 0.105. The number of amides is 1. The summed E-state index contributed by atoms with van der Waals surface area (Å²) >= 11 is 3.34. The van der Waals surface area contributed by atoms with Crippen molar-refractivity contribution in [2.24, 2.45) is 0 Å². The number of thiazole rings is 1. The number of hydrogen-bond donors (Lipinski definition) is 1. The number of carbonyl (C=O) groups excluding carboxylic acids is 1. The topological polar surface area (TPSA) is 58.1 Å². The predicted octanol–water partition coefficient (Wildman–Crippen LogP) is 3.58. The zero-order chi connectivity index (χ0) is 16.2. The Balaban J connectivity index is 1.67. The first-order valence-corrected chi connectivity index (χ1v) is 8.78. The number of anilines is 1. The molecule has 7 heteroatoms. The molecule has 0 fully saturated rings. The Morgan fingerprint density at radius 1 is 1.30 bits per heavy atom. The van der Waals surface area contributed by atoms with Crippen LogP contribution in [0.3, 0.4) is 0 Å². The van der Waals surface area contributed by atoms with Gasteiger partial charge in [0.25, 0.3) is 5.91 Å². The van der Waals surface area contributed by atoms with E-state index in [9.17, 15) is 4.79 Å². The lowest BCUT2D eigenvalue weighted by atomic mass is 10.3. The van der Waals surface area contributed by atoms with Crippen molar-refractivity contribution >= 4 is 34.3 Å². The molecule has 3 aromatic heterocycles. The van der Waals surface area contributed by atoms with Crippen molar-refractivity contribution in [3.8, 4) is 10.6 Å². The van der Waals surface area contributed by atoms with Crippen molar-refractivity contribution in [2.75, 3.05) is 19.4 Å². The van der Waals surface area contributed by atoms with Gasteiger partial charge in [-0.3, -0.25) is 9.78 Å². The van der Waals surface area contributed by atoms with Crippen LogP contribution in [0.25, 0.3) is 10.6 Å². The van der Waals surface area contributed by atoms with Gasteiger partial charge in [-0.25, -0.2) is 4.98 Å². The van der Waals surface area contributed by atoms with Gasteiger partial charge in [0, 0.05) is 48.0 Å². The summed E-state index contributed by atoms with van der Waals surface area (Å²) in [5.74, 6) is -0.105. The molecule has 0 spiro atoms. The third-order valence-electron chi connectivity index (χ3n) is 3.17. The van der Waals surface area contributed by atoms with Crippen molar-refractivity contribution in [1.29, 1.82) is 0 Å². The molecule has 0 saturated carbocycles. The van der Waals surface area contributed by atoms with Gasteiger partial charge in [0.05, 0.1) is 6.54 Å². The second kappa shape index (κ2) is 6.89. The minimum Gasteiger partial charge on any atom is -0.380 e. The van der Waals surface area contributed by atoms with Gasteiger partial charge in [-0.2, -0.15) is 11.3 Å². The van der Waals surface area contributed by atoms with Gasteiger partial charge in [0.1, 0.15) is 10.7 Å². The molecule has 0 aliphatic heterocycles. The third-order valence-corrected chi connectivity index (χ3v) is 4.90. The molecule has 0 aromatic carbocycles. The van der Waals surface area contributed by atoms with Crippen LogP contribution in [0, 0.1) is 0 Å². The Kier molecular flexibility index (Phi) is 4.68. The molecule has 0 radical (unpaired) electrons. The van der Waals surface area contributed by atoms with Crippen molar-refractivity contribution in [3.63, 3.8) is 0 Å². The molecule has 3 aromatic rings. The lowest BCUT2D eigenvalue weighted by Gasteiger charge is -2.10. The van der Waals surface area contributed by atoms with E-state index in [1.54, 1.807) is 49.0 Å². The molecule has 0 unspecified atom stereocenters. The zero-order valence-electron chi connectivity index (χ0n) is 12.8. The summed E-state index contributed by atoms with van der Waals surface area (Å²) in [5.41, 5.74) is 2.47. The lowest BCUT2D eigenvalue weighted by molar-refractivity contribution is 0.0822. The van der Waals surface area contributed by atoms with Crippen LogP contribution in [0.2, 0.25) is 0 Å². The van der Waals surface area contributed by atoms with E-state index in [1.165, 1.54) is 4.90 Å². The van der Waals surface area contributed by atoms with E-state index in [2.05, 4.69) is 32.1 Å². The number of aromatic nitrogens is 2. The summed E-state index contributed by atoms with van der Waals surface area (Å²) < 4.78 is 0. The van der Waals surface area contributed by atoms with E-state index in [-0.39, 0.29) is 5.91 Å². The first-order valence-electron chi connectivity index (χ1n) is 7.02. The Morgan fingerprint density at radius 2 is 2.17 bits per heavy atom. The van der Waals surface area contributed by atoms with E-state index in [0.29, 0.717) is 12.2 Å². The normalized spacial score (nSPS) is 10.5. The van der Waals surface area contributed by atoms with Gasteiger partial charge in [-0.15, -0.1) is 11.3 Å². The largest absolute Gasteiger partial charge is 0.380 e. The highest BCUT2D eigenvalue weighted by molar-refractivity contribution is 7.15. The maximum Gasteiger partial charge on any atom is 0.272 e. The molecule has 0 aliphatic carbocycles. The summed E-state index contributed by atoms with van der Waals surface area (Å²) in [6.45, 7) is 0.668. The molecule has 1 amide bonds. The number of nitrogens with zero attached hydrogens (tertiary/aromatic N) is 3. The molecule has 1 N–H and O–H groups in total. The number of thiophene rings is 1. The fourth-order valence-corrected chi connectivity index (χ4v) is 3.55. The Hall–Kier alpha value is -2.25. The van der Waals surface area contributed by atoms with Gasteiger partial charge in [0.15, 0.2) is 0 Å². The molecule has 0 saturated heterocycles. The van der Waals surface area contributed by atoms with Crippen LogP contribution in [0.5, 0.6) is 0 Å². The summed E-state index contributed by atoms with van der Waals surface area (Å²) in [6.07, 6.45) is 3.53. The van der Waals surface area contributed by atoms with E-state index >= 15 is 0 Å². The van der Waals surface area contributed by atoms with Crippen LogP contribution >= 0.6 is 22.7 Å². The fraction of sp³-hybridized carbons (Fsp3) is 0.188. The number of nitrogens with one attached hydrogen (secondary N) is 1. The summed E-state index contributed by atoms with van der Waals surface area (Å²) in [6, 6.07) is 5.69. The highest BCUT2D eigenvalue weighted by atomic mass is 32.1. The molecule has 0 aliphatic rings. The SMILES string of the molecule is CN(C)C(=O)c1cc(NCc2cnc(-c3ccsc3)s2)ccn1. The molecular formula is C16H16N4OS2. The molecule has 118 valence electrons. The predicted molar refractivity (Wildman–Crippen MR) is 95.0 cm³/mol. The fourth-order valence-electron chi connectivity index (χ4n) is 1.98. The van der Waals surface area contributed by atoms with Crippen molar-refractivity contribution in [1.82, 2.24) is 14.9 Å². The van der Waals surface area contributed by atoms with Crippen molar-refractivity contribution in [2.45, 2.75) is 6.54 Å². The zero-order valence-corrected chi connectivity index (χ0v) is 14.4. The molecule has 23 heavy (non-hydrogen) atoms. The maximum absolute atomic E-state index is 11.9. The highest BCUT2D eigenvalue weighted by Crippen LogP contribution is 2.27. The summed E-state index contributed by atoms with van der Waals surface area (Å²) in [4.78, 5) is 23.2. The molecule has 3 rings (SSSR count). The molecular weight excluding hydrogens is 328 g/mol.